The highest BCUT2D eigenvalue weighted by atomic mass is 16.2. The fraction of sp³-hybridized carbons (Fsp3) is 0.357. The summed E-state index contributed by atoms with van der Waals surface area (Å²) in [5, 5.41) is 10.9. The van der Waals surface area contributed by atoms with Crippen LogP contribution in [-0.4, -0.2) is 24.9 Å². The minimum atomic E-state index is -0.343. The molecule has 0 fully saturated rings. The van der Waals surface area contributed by atoms with Gasteiger partial charge in [-0.25, -0.2) is 0 Å². The van der Waals surface area contributed by atoms with Crippen LogP contribution in [0.3, 0.4) is 0 Å². The van der Waals surface area contributed by atoms with E-state index in [9.17, 15) is 9.59 Å². The zero-order valence-electron chi connectivity index (χ0n) is 11.1. The molecule has 0 bridgehead atoms. The summed E-state index contributed by atoms with van der Waals surface area (Å²) in [6.07, 6.45) is 1.91. The van der Waals surface area contributed by atoms with Crippen LogP contribution in [0.2, 0.25) is 0 Å². The fourth-order valence-electron chi connectivity index (χ4n) is 2.28. The molecule has 104 valence electrons. The Morgan fingerprint density at radius 2 is 2.25 bits per heavy atom. The number of hydrogen-bond donors (Lipinski definition) is 2. The summed E-state index contributed by atoms with van der Waals surface area (Å²) < 4.78 is 0. The van der Waals surface area contributed by atoms with E-state index in [1.165, 1.54) is 4.90 Å². The molecular weight excluding hydrogens is 256 g/mol. The van der Waals surface area contributed by atoms with E-state index < -0.39 is 0 Å². The van der Waals surface area contributed by atoms with Gasteiger partial charge in [0.1, 0.15) is 13.1 Å². The molecule has 1 heterocycles. The first kappa shape index (κ1) is 13.9. The van der Waals surface area contributed by atoms with Crippen molar-refractivity contribution in [2.45, 2.75) is 19.3 Å². The van der Waals surface area contributed by atoms with Crippen molar-refractivity contribution >= 4 is 23.2 Å². The summed E-state index contributed by atoms with van der Waals surface area (Å²) in [4.78, 5) is 25.3. The molecule has 20 heavy (non-hydrogen) atoms. The lowest BCUT2D eigenvalue weighted by Crippen LogP contribution is -2.40. The Morgan fingerprint density at radius 3 is 3.00 bits per heavy atom. The van der Waals surface area contributed by atoms with Crippen LogP contribution in [0.1, 0.15) is 18.4 Å². The standard InChI is InChI=1S/C14H16N4O2/c15-6-7-17-13(19)9-18-12-5-4-11(16)8-10(12)2-1-3-14(18)20/h4-5,8H,1-3,7,9,16H2,(H,17,19). The van der Waals surface area contributed by atoms with E-state index in [0.717, 1.165) is 24.1 Å². The molecule has 0 atom stereocenters. The quantitative estimate of drug-likeness (QED) is 0.621. The number of nitriles is 1. The lowest BCUT2D eigenvalue weighted by molar-refractivity contribution is -0.123. The first-order valence-electron chi connectivity index (χ1n) is 6.44. The molecule has 0 unspecified atom stereocenters. The van der Waals surface area contributed by atoms with Crippen molar-refractivity contribution in [2.75, 3.05) is 23.7 Å². The van der Waals surface area contributed by atoms with Crippen molar-refractivity contribution in [2.24, 2.45) is 0 Å². The van der Waals surface area contributed by atoms with Crippen molar-refractivity contribution < 1.29 is 9.59 Å². The van der Waals surface area contributed by atoms with Crippen molar-refractivity contribution in [3.05, 3.63) is 23.8 Å². The van der Waals surface area contributed by atoms with Gasteiger partial charge in [-0.1, -0.05) is 0 Å². The van der Waals surface area contributed by atoms with Crippen LogP contribution in [0, 0.1) is 11.3 Å². The minimum absolute atomic E-state index is 0.0601. The van der Waals surface area contributed by atoms with Gasteiger partial charge >= 0.3 is 0 Å². The summed E-state index contributed by atoms with van der Waals surface area (Å²) in [5.74, 6) is -0.426. The number of benzene rings is 1. The molecule has 0 saturated heterocycles. The summed E-state index contributed by atoms with van der Waals surface area (Å²) in [7, 11) is 0. The Kier molecular flexibility index (Phi) is 4.20. The smallest absolute Gasteiger partial charge is 0.240 e. The Bertz CT molecular complexity index is 577. The SMILES string of the molecule is N#CCNC(=O)CN1C(=O)CCCc2cc(N)ccc21. The summed E-state index contributed by atoms with van der Waals surface area (Å²) in [5.41, 5.74) is 8.11. The molecule has 6 heteroatoms. The molecule has 1 aliphatic heterocycles. The molecule has 0 spiro atoms. The number of hydrogen-bond acceptors (Lipinski definition) is 4. The maximum absolute atomic E-state index is 12.1. The van der Waals surface area contributed by atoms with Gasteiger partial charge in [-0.15, -0.1) is 0 Å². The number of carbonyl (C=O) groups excluding carboxylic acids is 2. The average molecular weight is 272 g/mol. The number of nitrogens with one attached hydrogen (secondary N) is 1. The zero-order chi connectivity index (χ0) is 14.5. The molecule has 1 aromatic rings. The Morgan fingerprint density at radius 1 is 1.45 bits per heavy atom. The van der Waals surface area contributed by atoms with Crippen molar-refractivity contribution in [3.63, 3.8) is 0 Å². The van der Waals surface area contributed by atoms with Crippen LogP contribution >= 0.6 is 0 Å². The van der Waals surface area contributed by atoms with Crippen LogP contribution in [0.25, 0.3) is 0 Å². The van der Waals surface area contributed by atoms with Crippen LogP contribution in [0.5, 0.6) is 0 Å². The molecule has 1 aromatic carbocycles. The third-order valence-electron chi connectivity index (χ3n) is 3.20. The number of nitrogen functional groups attached to an aromatic ring is 1. The number of anilines is 2. The van der Waals surface area contributed by atoms with Crippen LogP contribution < -0.4 is 16.0 Å². The lowest BCUT2D eigenvalue weighted by atomic mass is 10.1. The van der Waals surface area contributed by atoms with E-state index >= 15 is 0 Å². The maximum atomic E-state index is 12.1. The van der Waals surface area contributed by atoms with Gasteiger partial charge in [-0.2, -0.15) is 5.26 Å². The first-order chi connectivity index (χ1) is 9.61. The highest BCUT2D eigenvalue weighted by Crippen LogP contribution is 2.28. The Labute approximate surface area is 117 Å². The predicted octanol–water partition coefficient (Wildman–Crippen LogP) is 0.578. The van der Waals surface area contributed by atoms with Gasteiger partial charge in [0.2, 0.25) is 11.8 Å². The van der Waals surface area contributed by atoms with Crippen molar-refractivity contribution in [1.82, 2.24) is 5.32 Å². The van der Waals surface area contributed by atoms with E-state index in [4.69, 9.17) is 11.0 Å². The van der Waals surface area contributed by atoms with E-state index in [-0.39, 0.29) is 24.9 Å². The second-order valence-electron chi connectivity index (χ2n) is 4.66. The van der Waals surface area contributed by atoms with Crippen molar-refractivity contribution in [3.8, 4) is 6.07 Å². The van der Waals surface area contributed by atoms with Gasteiger partial charge in [0, 0.05) is 17.8 Å². The Balaban J connectivity index is 2.24. The van der Waals surface area contributed by atoms with Crippen LogP contribution in [0.15, 0.2) is 18.2 Å². The molecule has 2 rings (SSSR count). The predicted molar refractivity (Wildman–Crippen MR) is 74.8 cm³/mol. The van der Waals surface area contributed by atoms with E-state index in [0.29, 0.717) is 12.1 Å². The number of carbonyl (C=O) groups is 2. The molecule has 1 aliphatic rings. The van der Waals surface area contributed by atoms with E-state index in [1.54, 1.807) is 12.1 Å². The molecular formula is C14H16N4O2. The number of fused-ring (bicyclic) bond motifs is 1. The first-order valence-corrected chi connectivity index (χ1v) is 6.44. The number of aryl methyl sites for hydroxylation is 1. The van der Waals surface area contributed by atoms with Gasteiger partial charge in [0.15, 0.2) is 0 Å². The summed E-state index contributed by atoms with van der Waals surface area (Å²) >= 11 is 0. The molecule has 3 N–H and O–H groups in total. The highest BCUT2D eigenvalue weighted by Gasteiger charge is 2.24. The van der Waals surface area contributed by atoms with Gasteiger partial charge in [0.25, 0.3) is 0 Å². The third-order valence-corrected chi connectivity index (χ3v) is 3.20. The van der Waals surface area contributed by atoms with Gasteiger partial charge in [-0.3, -0.25) is 9.59 Å². The van der Waals surface area contributed by atoms with Gasteiger partial charge in [-0.05, 0) is 36.6 Å². The Hall–Kier alpha value is -2.55. The normalized spacial score (nSPS) is 14.2. The highest BCUT2D eigenvalue weighted by molar-refractivity contribution is 6.00. The monoisotopic (exact) mass is 272 g/mol. The fourth-order valence-corrected chi connectivity index (χ4v) is 2.28. The summed E-state index contributed by atoms with van der Waals surface area (Å²) in [6, 6.07) is 7.16. The minimum Gasteiger partial charge on any atom is -0.399 e. The number of rotatable bonds is 3. The van der Waals surface area contributed by atoms with E-state index in [1.807, 2.05) is 12.1 Å². The largest absolute Gasteiger partial charge is 0.399 e. The second-order valence-corrected chi connectivity index (χ2v) is 4.66. The van der Waals surface area contributed by atoms with Crippen molar-refractivity contribution in [1.29, 1.82) is 5.26 Å². The molecule has 0 aromatic heterocycles. The number of nitrogens with two attached hydrogens (primary N) is 1. The topological polar surface area (TPSA) is 99.2 Å². The second kappa shape index (κ2) is 6.06. The lowest BCUT2D eigenvalue weighted by Gasteiger charge is -2.22. The molecule has 2 amide bonds. The van der Waals surface area contributed by atoms with Crippen LogP contribution in [-0.2, 0) is 16.0 Å². The van der Waals surface area contributed by atoms with Gasteiger partial charge < -0.3 is 16.0 Å². The van der Waals surface area contributed by atoms with Gasteiger partial charge in [0.05, 0.1) is 6.07 Å². The third kappa shape index (κ3) is 3.06. The molecule has 0 aliphatic carbocycles. The zero-order valence-corrected chi connectivity index (χ0v) is 11.1. The molecule has 0 saturated carbocycles. The van der Waals surface area contributed by atoms with E-state index in [2.05, 4.69) is 5.32 Å². The maximum Gasteiger partial charge on any atom is 0.240 e. The van der Waals surface area contributed by atoms with Crippen LogP contribution in [0.4, 0.5) is 11.4 Å². The molecule has 0 radical (unpaired) electrons. The average Bonchev–Trinajstić information content (AvgIpc) is 2.56. The number of amides is 2. The number of nitrogens with zero attached hydrogens (tertiary/aromatic N) is 2. The summed E-state index contributed by atoms with van der Waals surface area (Å²) in [6.45, 7) is -0.132. The molecule has 6 nitrogen and oxygen atoms in total.